The third-order valence-electron chi connectivity index (χ3n) is 3.20. The summed E-state index contributed by atoms with van der Waals surface area (Å²) in [4.78, 5) is 16.3. The average molecular weight is 280 g/mol. The summed E-state index contributed by atoms with van der Waals surface area (Å²) in [5.74, 6) is 0.315. The summed E-state index contributed by atoms with van der Waals surface area (Å²) >= 11 is 0. The molecule has 0 saturated carbocycles. The lowest BCUT2D eigenvalue weighted by Gasteiger charge is -2.30. The number of benzene rings is 1. The van der Waals surface area contributed by atoms with Crippen LogP contribution < -0.4 is 4.74 Å². The molecule has 112 valence electrons. The van der Waals surface area contributed by atoms with Crippen molar-refractivity contribution in [2.24, 2.45) is 0 Å². The van der Waals surface area contributed by atoms with Crippen molar-refractivity contribution >= 4 is 5.91 Å². The molecule has 0 aliphatic rings. The van der Waals surface area contributed by atoms with E-state index in [0.29, 0.717) is 17.9 Å². The highest BCUT2D eigenvalue weighted by Gasteiger charge is 2.22. The van der Waals surface area contributed by atoms with Crippen molar-refractivity contribution in [3.05, 3.63) is 23.8 Å². The molecule has 0 aliphatic heterocycles. The van der Waals surface area contributed by atoms with Crippen molar-refractivity contribution in [2.75, 3.05) is 34.3 Å². The summed E-state index contributed by atoms with van der Waals surface area (Å²) in [7, 11) is 5.47. The standard InChI is InChI=1S/C15H24N2O3/c1-6-17(11(2)10-16(3)4)15(19)13-8-7-12(20-5)9-14(13)18/h7-9,11,18H,6,10H2,1-5H3. The molecule has 1 atom stereocenters. The van der Waals surface area contributed by atoms with Crippen LogP contribution in [0.3, 0.4) is 0 Å². The first kappa shape index (κ1) is 16.3. The van der Waals surface area contributed by atoms with Crippen molar-refractivity contribution < 1.29 is 14.6 Å². The van der Waals surface area contributed by atoms with Crippen molar-refractivity contribution in [3.8, 4) is 11.5 Å². The maximum atomic E-state index is 12.5. The summed E-state index contributed by atoms with van der Waals surface area (Å²) in [6.45, 7) is 5.31. The minimum atomic E-state index is -0.165. The fourth-order valence-electron chi connectivity index (χ4n) is 2.26. The number of rotatable bonds is 6. The minimum Gasteiger partial charge on any atom is -0.507 e. The molecule has 1 aromatic rings. The van der Waals surface area contributed by atoms with E-state index < -0.39 is 0 Å². The average Bonchev–Trinajstić information content (AvgIpc) is 2.38. The number of likely N-dealkylation sites (N-methyl/N-ethyl adjacent to an activating group) is 2. The molecule has 0 saturated heterocycles. The van der Waals surface area contributed by atoms with E-state index in [4.69, 9.17) is 4.74 Å². The Labute approximate surface area is 120 Å². The third-order valence-corrected chi connectivity index (χ3v) is 3.20. The molecule has 1 N–H and O–H groups in total. The molecule has 0 aromatic heterocycles. The molecular weight excluding hydrogens is 256 g/mol. The Balaban J connectivity index is 2.96. The topological polar surface area (TPSA) is 53.0 Å². The van der Waals surface area contributed by atoms with Crippen LogP contribution in [0.2, 0.25) is 0 Å². The highest BCUT2D eigenvalue weighted by atomic mass is 16.5. The van der Waals surface area contributed by atoms with Crippen LogP contribution in [-0.4, -0.2) is 61.2 Å². The van der Waals surface area contributed by atoms with E-state index in [1.807, 2.05) is 32.8 Å². The SMILES string of the molecule is CCN(C(=O)c1ccc(OC)cc1O)C(C)CN(C)C. The van der Waals surface area contributed by atoms with Crippen LogP contribution in [0.1, 0.15) is 24.2 Å². The lowest BCUT2D eigenvalue weighted by atomic mass is 10.1. The molecule has 0 fully saturated rings. The van der Waals surface area contributed by atoms with Gasteiger partial charge in [-0.2, -0.15) is 0 Å². The van der Waals surface area contributed by atoms with Gasteiger partial charge in [0.15, 0.2) is 0 Å². The molecule has 5 heteroatoms. The number of aromatic hydroxyl groups is 1. The number of carbonyl (C=O) groups excluding carboxylic acids is 1. The van der Waals surface area contributed by atoms with Crippen molar-refractivity contribution in [2.45, 2.75) is 19.9 Å². The second-order valence-corrected chi connectivity index (χ2v) is 5.09. The van der Waals surface area contributed by atoms with Crippen molar-refractivity contribution in [1.82, 2.24) is 9.80 Å². The maximum Gasteiger partial charge on any atom is 0.257 e. The quantitative estimate of drug-likeness (QED) is 0.863. The summed E-state index contributed by atoms with van der Waals surface area (Å²) in [6.07, 6.45) is 0. The molecule has 1 unspecified atom stereocenters. The zero-order valence-corrected chi connectivity index (χ0v) is 12.9. The monoisotopic (exact) mass is 280 g/mol. The lowest BCUT2D eigenvalue weighted by molar-refractivity contribution is 0.0676. The van der Waals surface area contributed by atoms with Gasteiger partial charge in [-0.1, -0.05) is 0 Å². The van der Waals surface area contributed by atoms with E-state index >= 15 is 0 Å². The van der Waals surface area contributed by atoms with Crippen LogP contribution in [0.25, 0.3) is 0 Å². The Hall–Kier alpha value is -1.75. The molecule has 1 amide bonds. The Kier molecular flexibility index (Phi) is 5.82. The van der Waals surface area contributed by atoms with Gasteiger partial charge in [0.2, 0.25) is 0 Å². The smallest absolute Gasteiger partial charge is 0.257 e. The van der Waals surface area contributed by atoms with E-state index in [9.17, 15) is 9.90 Å². The number of phenolic OH excluding ortho intramolecular Hbond substituents is 1. The Morgan fingerprint density at radius 2 is 2.05 bits per heavy atom. The highest BCUT2D eigenvalue weighted by molar-refractivity contribution is 5.97. The molecule has 1 aromatic carbocycles. The zero-order valence-electron chi connectivity index (χ0n) is 12.9. The predicted octanol–water partition coefficient (Wildman–Crippen LogP) is 1.81. The number of carbonyl (C=O) groups is 1. The molecule has 5 nitrogen and oxygen atoms in total. The second-order valence-electron chi connectivity index (χ2n) is 5.09. The van der Waals surface area contributed by atoms with Crippen LogP contribution in [0, 0.1) is 0 Å². The van der Waals surface area contributed by atoms with E-state index in [2.05, 4.69) is 0 Å². The Morgan fingerprint density at radius 3 is 2.50 bits per heavy atom. The molecule has 0 radical (unpaired) electrons. The molecule has 0 spiro atoms. The Morgan fingerprint density at radius 1 is 1.40 bits per heavy atom. The third kappa shape index (κ3) is 3.87. The lowest BCUT2D eigenvalue weighted by Crippen LogP contribution is -2.43. The van der Waals surface area contributed by atoms with Gasteiger partial charge in [0.05, 0.1) is 12.7 Å². The van der Waals surface area contributed by atoms with Gasteiger partial charge in [-0.05, 0) is 40.1 Å². The first-order chi connectivity index (χ1) is 9.40. The molecule has 0 heterocycles. The van der Waals surface area contributed by atoms with Crippen molar-refractivity contribution in [1.29, 1.82) is 0 Å². The summed E-state index contributed by atoms with van der Waals surface area (Å²) in [5.41, 5.74) is 0.304. The minimum absolute atomic E-state index is 0.0511. The summed E-state index contributed by atoms with van der Waals surface area (Å²) < 4.78 is 5.03. The fourth-order valence-corrected chi connectivity index (χ4v) is 2.26. The van der Waals surface area contributed by atoms with Crippen LogP contribution in [0.15, 0.2) is 18.2 Å². The van der Waals surface area contributed by atoms with Gasteiger partial charge in [0, 0.05) is 25.2 Å². The summed E-state index contributed by atoms with van der Waals surface area (Å²) in [5, 5.41) is 9.96. The van der Waals surface area contributed by atoms with E-state index in [0.717, 1.165) is 6.54 Å². The second kappa shape index (κ2) is 7.14. The first-order valence-corrected chi connectivity index (χ1v) is 6.73. The van der Waals surface area contributed by atoms with Crippen molar-refractivity contribution in [3.63, 3.8) is 0 Å². The molecular formula is C15H24N2O3. The molecule has 1 rings (SSSR count). The zero-order chi connectivity index (χ0) is 15.3. The van der Waals surface area contributed by atoms with Crippen LogP contribution >= 0.6 is 0 Å². The number of amides is 1. The number of phenols is 1. The number of hydrogen-bond acceptors (Lipinski definition) is 4. The molecule has 0 bridgehead atoms. The predicted molar refractivity (Wildman–Crippen MR) is 79.4 cm³/mol. The fraction of sp³-hybridized carbons (Fsp3) is 0.533. The van der Waals surface area contributed by atoms with E-state index in [-0.39, 0.29) is 17.7 Å². The number of methoxy groups -OCH3 is 1. The van der Waals surface area contributed by atoms with Crippen LogP contribution in [-0.2, 0) is 0 Å². The van der Waals surface area contributed by atoms with E-state index in [1.54, 1.807) is 17.0 Å². The van der Waals surface area contributed by atoms with Crippen LogP contribution in [0.4, 0.5) is 0 Å². The first-order valence-electron chi connectivity index (χ1n) is 6.73. The summed E-state index contributed by atoms with van der Waals surface area (Å²) in [6, 6.07) is 4.81. The number of nitrogens with zero attached hydrogens (tertiary/aromatic N) is 2. The Bertz CT molecular complexity index is 460. The van der Waals surface area contributed by atoms with Crippen LogP contribution in [0.5, 0.6) is 11.5 Å². The number of hydrogen-bond donors (Lipinski definition) is 1. The van der Waals surface area contributed by atoms with Gasteiger partial charge in [0.25, 0.3) is 5.91 Å². The van der Waals surface area contributed by atoms with Gasteiger partial charge in [-0.3, -0.25) is 4.79 Å². The van der Waals surface area contributed by atoms with Gasteiger partial charge < -0.3 is 19.6 Å². The van der Waals surface area contributed by atoms with Gasteiger partial charge in [0.1, 0.15) is 11.5 Å². The molecule has 0 aliphatic carbocycles. The van der Waals surface area contributed by atoms with Gasteiger partial charge in [-0.15, -0.1) is 0 Å². The molecule has 20 heavy (non-hydrogen) atoms. The number of ether oxygens (including phenoxy) is 1. The maximum absolute atomic E-state index is 12.5. The van der Waals surface area contributed by atoms with Gasteiger partial charge in [-0.25, -0.2) is 0 Å². The largest absolute Gasteiger partial charge is 0.507 e. The van der Waals surface area contributed by atoms with Gasteiger partial charge >= 0.3 is 0 Å². The normalized spacial score (nSPS) is 12.3. The highest BCUT2D eigenvalue weighted by Crippen LogP contribution is 2.25. The van der Waals surface area contributed by atoms with E-state index in [1.165, 1.54) is 13.2 Å².